The van der Waals surface area contributed by atoms with Crippen LogP contribution in [0, 0.1) is 0 Å². The van der Waals surface area contributed by atoms with Crippen LogP contribution in [0.25, 0.3) is 10.4 Å². The number of nitrogens with zero attached hydrogens (tertiary/aromatic N) is 3. The molecule has 0 bridgehead atoms. The largest absolute Gasteiger partial charge is 0.294 e. The van der Waals surface area contributed by atoms with Crippen molar-refractivity contribution in [3.63, 3.8) is 0 Å². The molecular weight excluding hydrogens is 154 g/mol. The average Bonchev–Trinajstić information content (AvgIpc) is 2.15. The highest BCUT2D eigenvalue weighted by molar-refractivity contribution is 5.97. The van der Waals surface area contributed by atoms with Gasteiger partial charge in [0.25, 0.3) is 0 Å². The molecule has 0 spiro atoms. The Kier molecular flexibility index (Phi) is 3.35. The van der Waals surface area contributed by atoms with Gasteiger partial charge in [0, 0.05) is 4.91 Å². The highest BCUT2D eigenvalue weighted by Crippen LogP contribution is 2.17. The maximum atomic E-state index is 11.2. The summed E-state index contributed by atoms with van der Waals surface area (Å²) in [7, 11) is 0. The van der Waals surface area contributed by atoms with Crippen molar-refractivity contribution in [1.82, 2.24) is 0 Å². The minimum atomic E-state index is -0.0255. The lowest BCUT2D eigenvalue weighted by atomic mass is 9.96. The highest BCUT2D eigenvalue weighted by atomic mass is 16.1. The molecule has 0 saturated heterocycles. The first-order valence-electron chi connectivity index (χ1n) is 4.07. The number of carbonyl (C=O) groups is 1. The van der Waals surface area contributed by atoms with Crippen LogP contribution in [0.5, 0.6) is 0 Å². The van der Waals surface area contributed by atoms with E-state index < -0.39 is 0 Å². The van der Waals surface area contributed by atoms with E-state index in [0.29, 0.717) is 0 Å². The van der Waals surface area contributed by atoms with E-state index in [9.17, 15) is 4.79 Å². The molecule has 1 rings (SSSR count). The smallest absolute Gasteiger partial charge is 0.164 e. The van der Waals surface area contributed by atoms with Gasteiger partial charge in [-0.15, -0.1) is 0 Å². The van der Waals surface area contributed by atoms with Gasteiger partial charge in [-0.2, -0.15) is 0 Å². The first-order valence-corrected chi connectivity index (χ1v) is 4.07. The van der Waals surface area contributed by atoms with Crippen LogP contribution in [0.2, 0.25) is 0 Å². The summed E-state index contributed by atoms with van der Waals surface area (Å²) in [6, 6.07) is 0. The van der Waals surface area contributed by atoms with Crippen molar-refractivity contribution in [2.45, 2.75) is 25.7 Å². The second-order valence-electron chi connectivity index (χ2n) is 2.79. The molecule has 0 amide bonds. The van der Waals surface area contributed by atoms with Crippen LogP contribution < -0.4 is 0 Å². The van der Waals surface area contributed by atoms with Gasteiger partial charge in [-0.3, -0.25) is 4.79 Å². The standard InChI is InChI=1S/C8H11N3O/c9-11-10-6-8(12)7-4-2-1-3-5-7/h4H,1-3,5-6H2. The Morgan fingerprint density at radius 1 is 1.67 bits per heavy atom. The number of allylic oxidation sites excluding steroid dienone is 1. The van der Waals surface area contributed by atoms with Crippen LogP contribution in [0.1, 0.15) is 25.7 Å². The van der Waals surface area contributed by atoms with Crippen LogP contribution in [-0.4, -0.2) is 12.3 Å². The first kappa shape index (κ1) is 8.81. The molecule has 0 aromatic heterocycles. The SMILES string of the molecule is [N-]=[N+]=NCC(=O)C1=CCCCC1. The molecule has 64 valence electrons. The van der Waals surface area contributed by atoms with Gasteiger partial charge in [0.05, 0.1) is 6.54 Å². The molecule has 0 aromatic carbocycles. The Balaban J connectivity index is 2.50. The third-order valence-corrected chi connectivity index (χ3v) is 1.93. The molecule has 1 aliphatic carbocycles. The maximum Gasteiger partial charge on any atom is 0.164 e. The van der Waals surface area contributed by atoms with Crippen molar-refractivity contribution in [3.05, 3.63) is 22.1 Å². The van der Waals surface area contributed by atoms with E-state index in [1.54, 1.807) is 0 Å². The molecule has 4 heteroatoms. The van der Waals surface area contributed by atoms with Crippen LogP contribution in [0.15, 0.2) is 16.8 Å². The predicted octanol–water partition coefficient (Wildman–Crippen LogP) is 2.37. The second-order valence-corrected chi connectivity index (χ2v) is 2.79. The monoisotopic (exact) mass is 165 g/mol. The molecule has 0 N–H and O–H groups in total. The molecule has 12 heavy (non-hydrogen) atoms. The lowest BCUT2D eigenvalue weighted by molar-refractivity contribution is -0.114. The van der Waals surface area contributed by atoms with Crippen molar-refractivity contribution in [3.8, 4) is 0 Å². The molecule has 0 radical (unpaired) electrons. The summed E-state index contributed by atoms with van der Waals surface area (Å²) >= 11 is 0. The highest BCUT2D eigenvalue weighted by Gasteiger charge is 2.10. The fourth-order valence-electron chi connectivity index (χ4n) is 1.29. The number of rotatable bonds is 3. The molecule has 0 aliphatic heterocycles. The Bertz CT molecular complexity index is 251. The van der Waals surface area contributed by atoms with Gasteiger partial charge in [-0.1, -0.05) is 11.2 Å². The van der Waals surface area contributed by atoms with E-state index in [-0.39, 0.29) is 12.3 Å². The van der Waals surface area contributed by atoms with E-state index in [2.05, 4.69) is 10.0 Å². The van der Waals surface area contributed by atoms with Crippen molar-refractivity contribution in [2.24, 2.45) is 5.11 Å². The summed E-state index contributed by atoms with van der Waals surface area (Å²) < 4.78 is 0. The molecule has 1 aliphatic rings. The van der Waals surface area contributed by atoms with Crippen molar-refractivity contribution < 1.29 is 4.79 Å². The van der Waals surface area contributed by atoms with E-state index in [1.807, 2.05) is 6.08 Å². The topological polar surface area (TPSA) is 65.8 Å². The molecular formula is C8H11N3O. The number of carbonyl (C=O) groups excluding carboxylic acids is 1. The summed E-state index contributed by atoms with van der Waals surface area (Å²) in [5.74, 6) is -0.0208. The minimum Gasteiger partial charge on any atom is -0.294 e. The number of Topliss-reactive ketones (excluding diaryl/α,β-unsaturated/α-hetero) is 1. The zero-order valence-electron chi connectivity index (χ0n) is 6.86. The second kappa shape index (κ2) is 4.57. The lowest BCUT2D eigenvalue weighted by Crippen LogP contribution is -2.08. The molecule has 0 fully saturated rings. The number of hydrogen-bond donors (Lipinski definition) is 0. The fraction of sp³-hybridized carbons (Fsp3) is 0.625. The van der Waals surface area contributed by atoms with Gasteiger partial charge in [0.1, 0.15) is 0 Å². The fourth-order valence-corrected chi connectivity index (χ4v) is 1.29. The van der Waals surface area contributed by atoms with E-state index in [0.717, 1.165) is 31.3 Å². The number of ketones is 1. The quantitative estimate of drug-likeness (QED) is 0.359. The molecule has 0 atom stereocenters. The van der Waals surface area contributed by atoms with Gasteiger partial charge in [0.2, 0.25) is 0 Å². The summed E-state index contributed by atoms with van der Waals surface area (Å²) in [4.78, 5) is 13.8. The van der Waals surface area contributed by atoms with Gasteiger partial charge in [-0.05, 0) is 36.8 Å². The van der Waals surface area contributed by atoms with Gasteiger partial charge in [0.15, 0.2) is 5.78 Å². The molecule has 0 unspecified atom stereocenters. The molecule has 0 saturated carbocycles. The van der Waals surface area contributed by atoms with Gasteiger partial charge in [-0.25, -0.2) is 0 Å². The zero-order valence-corrected chi connectivity index (χ0v) is 6.86. The predicted molar refractivity (Wildman–Crippen MR) is 45.6 cm³/mol. The Morgan fingerprint density at radius 3 is 3.08 bits per heavy atom. The van der Waals surface area contributed by atoms with Crippen molar-refractivity contribution in [1.29, 1.82) is 0 Å². The molecule has 4 nitrogen and oxygen atoms in total. The number of hydrogen-bond acceptors (Lipinski definition) is 2. The first-order chi connectivity index (χ1) is 5.84. The van der Waals surface area contributed by atoms with Crippen LogP contribution in [0.4, 0.5) is 0 Å². The van der Waals surface area contributed by atoms with Crippen LogP contribution >= 0.6 is 0 Å². The van der Waals surface area contributed by atoms with Crippen molar-refractivity contribution in [2.75, 3.05) is 6.54 Å². The van der Waals surface area contributed by atoms with Gasteiger partial charge < -0.3 is 0 Å². The van der Waals surface area contributed by atoms with Crippen LogP contribution in [-0.2, 0) is 4.79 Å². The summed E-state index contributed by atoms with van der Waals surface area (Å²) in [5.41, 5.74) is 8.84. The zero-order chi connectivity index (χ0) is 8.81. The Labute approximate surface area is 70.9 Å². The van der Waals surface area contributed by atoms with E-state index in [4.69, 9.17) is 5.53 Å². The van der Waals surface area contributed by atoms with E-state index in [1.165, 1.54) is 0 Å². The van der Waals surface area contributed by atoms with Crippen LogP contribution in [0.3, 0.4) is 0 Å². The van der Waals surface area contributed by atoms with Gasteiger partial charge >= 0.3 is 0 Å². The molecule has 0 aromatic rings. The normalized spacial score (nSPS) is 16.2. The third kappa shape index (κ3) is 2.40. The Hall–Kier alpha value is -1.28. The lowest BCUT2D eigenvalue weighted by Gasteiger charge is -2.09. The Morgan fingerprint density at radius 2 is 2.50 bits per heavy atom. The molecule has 0 heterocycles. The summed E-state index contributed by atoms with van der Waals surface area (Å²) in [6.07, 6.45) is 6.03. The maximum absolute atomic E-state index is 11.2. The minimum absolute atomic E-state index is 0.0208. The third-order valence-electron chi connectivity index (χ3n) is 1.93. The summed E-state index contributed by atoms with van der Waals surface area (Å²) in [5, 5.41) is 3.24. The van der Waals surface area contributed by atoms with Crippen molar-refractivity contribution >= 4 is 5.78 Å². The summed E-state index contributed by atoms with van der Waals surface area (Å²) in [6.45, 7) is -0.0255. The van der Waals surface area contributed by atoms with E-state index >= 15 is 0 Å². The number of azide groups is 1. The average molecular weight is 165 g/mol.